The molecule has 102 valence electrons. The van der Waals surface area contributed by atoms with Crippen LogP contribution in [-0.4, -0.2) is 16.0 Å². The predicted molar refractivity (Wildman–Crippen MR) is 78.0 cm³/mol. The summed E-state index contributed by atoms with van der Waals surface area (Å²) in [5.41, 5.74) is 9.51. The number of nitrogens with zero attached hydrogens (tertiary/aromatic N) is 3. The zero-order chi connectivity index (χ0) is 14.1. The van der Waals surface area contributed by atoms with Crippen LogP contribution in [0.5, 0.6) is 0 Å². The van der Waals surface area contributed by atoms with Crippen molar-refractivity contribution >= 4 is 11.0 Å². The summed E-state index contributed by atoms with van der Waals surface area (Å²) in [5.74, 6) is 1.05. The maximum absolute atomic E-state index is 9.18. The minimum Gasteiger partial charge on any atom is -0.328 e. The summed E-state index contributed by atoms with van der Waals surface area (Å²) in [5, 5.41) is 9.18. The first-order chi connectivity index (χ1) is 9.69. The van der Waals surface area contributed by atoms with Gasteiger partial charge in [-0.05, 0) is 42.7 Å². The molecule has 0 unspecified atom stereocenters. The molecule has 1 aliphatic carbocycles. The van der Waals surface area contributed by atoms with Crippen molar-refractivity contribution in [3.63, 3.8) is 0 Å². The number of hydrogen-bond acceptors (Lipinski definition) is 4. The molecule has 20 heavy (non-hydrogen) atoms. The summed E-state index contributed by atoms with van der Waals surface area (Å²) in [6.07, 6.45) is 6.55. The highest BCUT2D eigenvalue weighted by atomic mass is 14.8. The van der Waals surface area contributed by atoms with Crippen molar-refractivity contribution in [1.29, 1.82) is 5.26 Å². The fraction of sp³-hybridized carbons (Fsp3) is 0.438. The Morgan fingerprint density at radius 1 is 1.15 bits per heavy atom. The molecule has 3 atom stereocenters. The maximum atomic E-state index is 9.18. The Kier molecular flexibility index (Phi) is 3.37. The monoisotopic (exact) mass is 266 g/mol. The maximum Gasteiger partial charge on any atom is 0.107 e. The van der Waals surface area contributed by atoms with Gasteiger partial charge in [0.15, 0.2) is 0 Å². The van der Waals surface area contributed by atoms with Gasteiger partial charge in [-0.2, -0.15) is 5.26 Å². The fourth-order valence-corrected chi connectivity index (χ4v) is 3.41. The van der Waals surface area contributed by atoms with Crippen LogP contribution in [0.1, 0.15) is 43.2 Å². The summed E-state index contributed by atoms with van der Waals surface area (Å²) in [6, 6.07) is 6.34. The van der Waals surface area contributed by atoms with Crippen molar-refractivity contribution in [3.05, 3.63) is 35.7 Å². The van der Waals surface area contributed by atoms with Crippen LogP contribution in [0.15, 0.2) is 24.5 Å². The predicted octanol–water partition coefficient (Wildman–Crippen LogP) is 2.73. The smallest absolute Gasteiger partial charge is 0.107 e. The number of nitrogens with two attached hydrogens (primary N) is 1. The van der Waals surface area contributed by atoms with E-state index in [1.54, 1.807) is 12.4 Å². The van der Waals surface area contributed by atoms with Gasteiger partial charge in [-0.15, -0.1) is 0 Å². The molecule has 1 aromatic carbocycles. The lowest BCUT2D eigenvalue weighted by atomic mass is 9.76. The van der Waals surface area contributed by atoms with E-state index < -0.39 is 0 Å². The van der Waals surface area contributed by atoms with Crippen LogP contribution in [0.25, 0.3) is 11.0 Å². The summed E-state index contributed by atoms with van der Waals surface area (Å²) >= 11 is 0. The Balaban J connectivity index is 2.11. The molecule has 4 nitrogen and oxygen atoms in total. The van der Waals surface area contributed by atoms with Crippen molar-refractivity contribution in [2.45, 2.75) is 38.1 Å². The quantitative estimate of drug-likeness (QED) is 0.861. The summed E-state index contributed by atoms with van der Waals surface area (Å²) in [4.78, 5) is 8.79. The molecule has 4 heteroatoms. The second-order valence-electron chi connectivity index (χ2n) is 5.84. The molecular formula is C16H18N4. The molecule has 0 radical (unpaired) electrons. The van der Waals surface area contributed by atoms with E-state index in [-0.39, 0.29) is 6.04 Å². The van der Waals surface area contributed by atoms with Crippen LogP contribution in [0, 0.1) is 17.2 Å². The van der Waals surface area contributed by atoms with E-state index in [1.165, 1.54) is 5.56 Å². The van der Waals surface area contributed by atoms with Crippen molar-refractivity contribution in [3.8, 4) is 6.07 Å². The summed E-state index contributed by atoms with van der Waals surface area (Å²) < 4.78 is 0. The van der Waals surface area contributed by atoms with Crippen molar-refractivity contribution in [2.24, 2.45) is 11.7 Å². The van der Waals surface area contributed by atoms with E-state index in [0.717, 1.165) is 24.8 Å². The van der Waals surface area contributed by atoms with Crippen molar-refractivity contribution < 1.29 is 0 Å². The Labute approximate surface area is 118 Å². The van der Waals surface area contributed by atoms with Crippen molar-refractivity contribution in [2.75, 3.05) is 0 Å². The molecule has 1 aromatic heterocycles. The molecule has 0 amide bonds. The molecule has 0 saturated heterocycles. The van der Waals surface area contributed by atoms with E-state index in [4.69, 9.17) is 5.73 Å². The lowest BCUT2D eigenvalue weighted by molar-refractivity contribution is 0.309. The molecule has 0 aliphatic heterocycles. The van der Waals surface area contributed by atoms with Gasteiger partial charge in [0, 0.05) is 18.4 Å². The topological polar surface area (TPSA) is 75.6 Å². The Hall–Kier alpha value is -1.99. The second kappa shape index (κ2) is 5.18. The fourth-order valence-electron chi connectivity index (χ4n) is 3.41. The summed E-state index contributed by atoms with van der Waals surface area (Å²) in [6.45, 7) is 2.25. The normalized spacial score (nSPS) is 26.4. The van der Waals surface area contributed by atoms with E-state index in [2.05, 4.69) is 23.0 Å². The standard InChI is InChI=1S/C16H18N4/c1-10-6-12(8-13(18)7-10)14-3-2-11(9-17)15-16(14)20-5-4-19-15/h2-5,10,12-13H,6-8,18H2,1H3/t10-,12-,13-/m0/s1. The molecular weight excluding hydrogens is 248 g/mol. The third-order valence-corrected chi connectivity index (χ3v) is 4.20. The lowest BCUT2D eigenvalue weighted by Gasteiger charge is -2.31. The van der Waals surface area contributed by atoms with Crippen LogP contribution in [0.2, 0.25) is 0 Å². The third kappa shape index (κ3) is 2.25. The number of rotatable bonds is 1. The van der Waals surface area contributed by atoms with Crippen LogP contribution < -0.4 is 5.73 Å². The highest BCUT2D eigenvalue weighted by Gasteiger charge is 2.27. The molecule has 2 aromatic rings. The number of fused-ring (bicyclic) bond motifs is 1. The third-order valence-electron chi connectivity index (χ3n) is 4.20. The first-order valence-electron chi connectivity index (χ1n) is 7.08. The average Bonchev–Trinajstić information content (AvgIpc) is 2.45. The van der Waals surface area contributed by atoms with Gasteiger partial charge in [-0.3, -0.25) is 9.97 Å². The number of benzene rings is 1. The number of aromatic nitrogens is 2. The summed E-state index contributed by atoms with van der Waals surface area (Å²) in [7, 11) is 0. The highest BCUT2D eigenvalue weighted by molar-refractivity contribution is 5.83. The first kappa shape index (κ1) is 13.0. The number of nitriles is 1. The minimum atomic E-state index is 0.256. The van der Waals surface area contributed by atoms with Gasteiger partial charge >= 0.3 is 0 Å². The van der Waals surface area contributed by atoms with E-state index >= 15 is 0 Å². The van der Waals surface area contributed by atoms with Gasteiger partial charge in [0.25, 0.3) is 0 Å². The van der Waals surface area contributed by atoms with Crippen LogP contribution in [0.3, 0.4) is 0 Å². The molecule has 1 saturated carbocycles. The number of hydrogen-bond donors (Lipinski definition) is 1. The van der Waals surface area contributed by atoms with Crippen LogP contribution >= 0.6 is 0 Å². The second-order valence-corrected chi connectivity index (χ2v) is 5.84. The van der Waals surface area contributed by atoms with Gasteiger partial charge in [0.2, 0.25) is 0 Å². The Morgan fingerprint density at radius 2 is 1.90 bits per heavy atom. The van der Waals surface area contributed by atoms with Gasteiger partial charge in [-0.25, -0.2) is 0 Å². The van der Waals surface area contributed by atoms with Crippen LogP contribution in [0.4, 0.5) is 0 Å². The van der Waals surface area contributed by atoms with Gasteiger partial charge in [-0.1, -0.05) is 13.0 Å². The molecule has 0 bridgehead atoms. The Bertz CT molecular complexity index is 664. The van der Waals surface area contributed by atoms with Gasteiger partial charge in [0.1, 0.15) is 11.6 Å². The zero-order valence-corrected chi connectivity index (χ0v) is 11.6. The lowest BCUT2D eigenvalue weighted by Crippen LogP contribution is -2.31. The molecule has 1 fully saturated rings. The SMILES string of the molecule is C[C@@H]1C[C@H](N)C[C@@H](c2ccc(C#N)c3nccnc23)C1. The van der Waals surface area contributed by atoms with E-state index in [0.29, 0.717) is 22.9 Å². The van der Waals surface area contributed by atoms with Crippen molar-refractivity contribution in [1.82, 2.24) is 9.97 Å². The van der Waals surface area contributed by atoms with E-state index in [1.807, 2.05) is 12.1 Å². The molecule has 2 N–H and O–H groups in total. The van der Waals surface area contributed by atoms with Gasteiger partial charge < -0.3 is 5.73 Å². The zero-order valence-electron chi connectivity index (χ0n) is 11.6. The molecule has 1 heterocycles. The molecule has 0 spiro atoms. The highest BCUT2D eigenvalue weighted by Crippen LogP contribution is 2.38. The molecule has 1 aliphatic rings. The van der Waals surface area contributed by atoms with Crippen LogP contribution in [-0.2, 0) is 0 Å². The average molecular weight is 266 g/mol. The minimum absolute atomic E-state index is 0.256. The molecule has 3 rings (SSSR count). The largest absolute Gasteiger partial charge is 0.328 e. The first-order valence-corrected chi connectivity index (χ1v) is 7.08. The van der Waals surface area contributed by atoms with E-state index in [9.17, 15) is 5.26 Å². The Morgan fingerprint density at radius 3 is 2.60 bits per heavy atom. The van der Waals surface area contributed by atoms with Gasteiger partial charge in [0.05, 0.1) is 11.1 Å².